The van der Waals surface area contributed by atoms with Crippen molar-refractivity contribution in [3.8, 4) is 11.5 Å². The molecule has 3 aliphatic rings. The summed E-state index contributed by atoms with van der Waals surface area (Å²) in [6.07, 6.45) is 4.50. The average molecular weight is 531 g/mol. The minimum atomic E-state index is -1.14. The van der Waals surface area contributed by atoms with Crippen LogP contribution >= 0.6 is 0 Å². The maximum absolute atomic E-state index is 13.7. The van der Waals surface area contributed by atoms with Crippen LogP contribution < -0.4 is 14.8 Å². The van der Waals surface area contributed by atoms with Gasteiger partial charge in [-0.1, -0.05) is 12.8 Å². The summed E-state index contributed by atoms with van der Waals surface area (Å²) in [5, 5.41) is 23.7. The highest BCUT2D eigenvalue weighted by atomic mass is 16.5. The number of hydrogen-bond acceptors (Lipinski definition) is 8. The molecule has 2 aliphatic carbocycles. The van der Waals surface area contributed by atoms with Crippen molar-refractivity contribution in [2.75, 3.05) is 40.0 Å². The van der Waals surface area contributed by atoms with Gasteiger partial charge in [0, 0.05) is 48.9 Å². The van der Waals surface area contributed by atoms with Crippen molar-refractivity contribution in [3.05, 3.63) is 34.9 Å². The minimum Gasteiger partial charge on any atom is -0.493 e. The summed E-state index contributed by atoms with van der Waals surface area (Å²) < 4.78 is 17.2. The number of methoxy groups -OCH3 is 1. The fourth-order valence-corrected chi connectivity index (χ4v) is 5.85. The maximum atomic E-state index is 13.7. The first kappa shape index (κ1) is 28.1. The molecule has 1 saturated carbocycles. The molecule has 0 radical (unpaired) electrons. The molecule has 1 aliphatic heterocycles. The Morgan fingerprint density at radius 1 is 1.26 bits per heavy atom. The lowest BCUT2D eigenvalue weighted by Crippen LogP contribution is -2.57. The van der Waals surface area contributed by atoms with Crippen LogP contribution in [-0.4, -0.2) is 91.5 Å². The Bertz CT molecular complexity index is 1050. The van der Waals surface area contributed by atoms with Crippen LogP contribution in [0, 0.1) is 5.92 Å². The molecule has 0 saturated heterocycles. The molecule has 0 bridgehead atoms. The predicted molar refractivity (Wildman–Crippen MR) is 138 cm³/mol. The molecule has 0 spiro atoms. The van der Waals surface area contributed by atoms with Crippen LogP contribution in [0.25, 0.3) is 0 Å². The summed E-state index contributed by atoms with van der Waals surface area (Å²) in [5.74, 6) is -0.587. The van der Waals surface area contributed by atoms with Gasteiger partial charge in [-0.2, -0.15) is 0 Å². The third-order valence-electron chi connectivity index (χ3n) is 7.65. The SMILES string of the molecule is CCOCCCN(C(=O)C1CCCC1)[C@@H]1C=C(C(=O)NCCO)[C@@H]2c3cc(C=O)cc(OC)c3O[C@@H]2[C@H]1O. The fourth-order valence-electron chi connectivity index (χ4n) is 5.85. The van der Waals surface area contributed by atoms with Crippen molar-refractivity contribution in [3.63, 3.8) is 0 Å². The van der Waals surface area contributed by atoms with Crippen molar-refractivity contribution in [1.82, 2.24) is 10.2 Å². The number of aliphatic hydroxyl groups is 2. The Balaban J connectivity index is 1.75. The van der Waals surface area contributed by atoms with E-state index in [0.29, 0.717) is 60.7 Å². The van der Waals surface area contributed by atoms with Crippen molar-refractivity contribution in [2.24, 2.45) is 5.92 Å². The molecule has 1 aromatic rings. The molecule has 10 heteroatoms. The average Bonchev–Trinajstić information content (AvgIpc) is 3.61. The zero-order chi connectivity index (χ0) is 27.2. The highest BCUT2D eigenvalue weighted by molar-refractivity contribution is 5.96. The maximum Gasteiger partial charge on any atom is 0.247 e. The van der Waals surface area contributed by atoms with Gasteiger partial charge in [0.15, 0.2) is 11.5 Å². The number of hydrogen-bond donors (Lipinski definition) is 3. The lowest BCUT2D eigenvalue weighted by atomic mass is 9.77. The number of nitrogens with one attached hydrogen (secondary N) is 1. The van der Waals surface area contributed by atoms with Gasteiger partial charge in [-0.15, -0.1) is 0 Å². The second-order valence-corrected chi connectivity index (χ2v) is 9.97. The van der Waals surface area contributed by atoms with Crippen molar-refractivity contribution in [2.45, 2.75) is 63.2 Å². The van der Waals surface area contributed by atoms with E-state index in [-0.39, 0.29) is 25.0 Å². The Hall–Kier alpha value is -2.95. The Kier molecular flexibility index (Phi) is 9.40. The molecule has 0 aromatic heterocycles. The number of aldehydes is 1. The van der Waals surface area contributed by atoms with Gasteiger partial charge >= 0.3 is 0 Å². The molecular weight excluding hydrogens is 492 g/mol. The van der Waals surface area contributed by atoms with E-state index in [1.54, 1.807) is 23.1 Å². The Morgan fingerprint density at radius 2 is 2.03 bits per heavy atom. The standard InChI is InChI=1S/C28H38N2O8/c1-3-37-12-6-10-30(28(35)18-7-4-5-8-18)21-15-20(27(34)29-9-11-31)23-19-13-17(16-32)14-22(36-2)25(19)38-26(23)24(21)33/h13-16,18,21,23-24,26,31,33H,3-12H2,1-2H3,(H,29,34)/t21-,23+,24+,26+/m1/s1. The zero-order valence-electron chi connectivity index (χ0n) is 22.1. The van der Waals surface area contributed by atoms with Crippen molar-refractivity contribution >= 4 is 18.1 Å². The van der Waals surface area contributed by atoms with Crippen LogP contribution in [0.5, 0.6) is 11.5 Å². The van der Waals surface area contributed by atoms with E-state index in [1.807, 2.05) is 6.92 Å². The van der Waals surface area contributed by atoms with Crippen LogP contribution in [-0.2, 0) is 14.3 Å². The van der Waals surface area contributed by atoms with Crippen LogP contribution in [0.1, 0.15) is 60.9 Å². The third-order valence-corrected chi connectivity index (χ3v) is 7.65. The number of carbonyl (C=O) groups is 3. The minimum absolute atomic E-state index is 0.0378. The molecule has 3 N–H and O–H groups in total. The van der Waals surface area contributed by atoms with Crippen LogP contribution in [0.3, 0.4) is 0 Å². The van der Waals surface area contributed by atoms with E-state index < -0.39 is 30.1 Å². The van der Waals surface area contributed by atoms with Crippen molar-refractivity contribution < 1.29 is 38.8 Å². The number of amides is 2. The summed E-state index contributed by atoms with van der Waals surface area (Å²) in [4.78, 5) is 40.4. The quantitative estimate of drug-likeness (QED) is 0.274. The van der Waals surface area contributed by atoms with Gasteiger partial charge in [-0.25, -0.2) is 0 Å². The third kappa shape index (κ3) is 5.57. The highest BCUT2D eigenvalue weighted by Crippen LogP contribution is 2.51. The number of carbonyl (C=O) groups excluding carboxylic acids is 3. The van der Waals surface area contributed by atoms with E-state index >= 15 is 0 Å². The molecule has 0 unspecified atom stereocenters. The van der Waals surface area contributed by atoms with Gasteiger partial charge in [0.05, 0.1) is 25.7 Å². The molecule has 4 atom stereocenters. The zero-order valence-corrected chi connectivity index (χ0v) is 22.1. The van der Waals surface area contributed by atoms with Crippen LogP contribution in [0.15, 0.2) is 23.8 Å². The van der Waals surface area contributed by atoms with E-state index in [2.05, 4.69) is 5.32 Å². The van der Waals surface area contributed by atoms with Gasteiger partial charge in [0.2, 0.25) is 11.8 Å². The van der Waals surface area contributed by atoms with Gasteiger partial charge in [0.25, 0.3) is 0 Å². The molecule has 1 heterocycles. The van der Waals surface area contributed by atoms with E-state index in [9.17, 15) is 24.6 Å². The summed E-state index contributed by atoms with van der Waals surface area (Å²) >= 11 is 0. The Morgan fingerprint density at radius 3 is 2.68 bits per heavy atom. The molecule has 38 heavy (non-hydrogen) atoms. The topological polar surface area (TPSA) is 135 Å². The normalized spacial score (nSPS) is 24.2. The number of rotatable bonds is 12. The van der Waals surface area contributed by atoms with Crippen LogP contribution in [0.4, 0.5) is 0 Å². The van der Waals surface area contributed by atoms with Gasteiger partial charge in [-0.3, -0.25) is 14.4 Å². The fraction of sp³-hybridized carbons (Fsp3) is 0.607. The second-order valence-electron chi connectivity index (χ2n) is 9.97. The predicted octanol–water partition coefficient (Wildman–Crippen LogP) is 1.58. The first-order valence-corrected chi connectivity index (χ1v) is 13.5. The van der Waals surface area contributed by atoms with Gasteiger partial charge < -0.3 is 34.6 Å². The summed E-state index contributed by atoms with van der Waals surface area (Å²) in [6.45, 7) is 3.12. The first-order chi connectivity index (χ1) is 18.4. The number of benzene rings is 1. The molecule has 10 nitrogen and oxygen atoms in total. The lowest BCUT2D eigenvalue weighted by molar-refractivity contribution is -0.141. The highest BCUT2D eigenvalue weighted by Gasteiger charge is 2.51. The largest absolute Gasteiger partial charge is 0.493 e. The second kappa shape index (κ2) is 12.7. The number of aliphatic hydroxyl groups excluding tert-OH is 2. The van der Waals surface area contributed by atoms with E-state index in [1.165, 1.54) is 7.11 Å². The van der Waals surface area contributed by atoms with E-state index in [0.717, 1.165) is 25.7 Å². The molecule has 4 rings (SSSR count). The summed E-state index contributed by atoms with van der Waals surface area (Å²) in [7, 11) is 1.46. The smallest absolute Gasteiger partial charge is 0.247 e. The Labute approximate surface area is 222 Å². The molecule has 1 fully saturated rings. The van der Waals surface area contributed by atoms with Gasteiger partial charge in [-0.05, 0) is 44.4 Å². The number of ether oxygens (including phenoxy) is 3. The number of fused-ring (bicyclic) bond motifs is 3. The van der Waals surface area contributed by atoms with Crippen molar-refractivity contribution in [1.29, 1.82) is 0 Å². The lowest BCUT2D eigenvalue weighted by Gasteiger charge is -2.41. The summed E-state index contributed by atoms with van der Waals surface area (Å²) in [6, 6.07) is 2.39. The monoisotopic (exact) mass is 530 g/mol. The number of nitrogens with zero attached hydrogens (tertiary/aromatic N) is 1. The van der Waals surface area contributed by atoms with Gasteiger partial charge in [0.1, 0.15) is 18.5 Å². The molecule has 1 aromatic carbocycles. The molecular formula is C28H38N2O8. The molecule has 208 valence electrons. The van der Waals surface area contributed by atoms with E-state index in [4.69, 9.17) is 14.2 Å². The summed E-state index contributed by atoms with van der Waals surface area (Å²) in [5.41, 5.74) is 1.23. The van der Waals surface area contributed by atoms with Crippen LogP contribution in [0.2, 0.25) is 0 Å². The first-order valence-electron chi connectivity index (χ1n) is 13.5. The molecule has 2 amide bonds.